The van der Waals surface area contributed by atoms with Crippen molar-refractivity contribution in [3.05, 3.63) is 33.8 Å². The van der Waals surface area contributed by atoms with E-state index in [-0.39, 0.29) is 57.9 Å². The smallest absolute Gasteiger partial charge is 0.255 e. The SMILES string of the molecule is CC1=NN(c2cc(Cl)c(OC3=NCC(=O)C(C(C)C)=C3)c(Cl)c2)C(=O)CC1=O. The highest BCUT2D eigenvalue weighted by atomic mass is 35.5. The van der Waals surface area contributed by atoms with Crippen molar-refractivity contribution in [3.63, 3.8) is 0 Å². The molecule has 1 aromatic rings. The molecule has 3 rings (SSSR count). The standard InChI is InChI=1S/C19H17Cl2N3O4/c1-9(2)12-6-17(22-8-16(12)26)28-19-13(20)4-11(5-14(19)21)24-18(27)7-15(25)10(3)23-24/h4-6,9H,7-8H2,1-3H3. The molecule has 0 aliphatic carbocycles. The molecule has 0 radical (unpaired) electrons. The number of Topliss-reactive ketones (excluding diaryl/α,β-unsaturated/α-hetero) is 2. The number of amides is 1. The van der Waals surface area contributed by atoms with Gasteiger partial charge in [0.15, 0.2) is 17.3 Å². The van der Waals surface area contributed by atoms with Crippen molar-refractivity contribution in [2.75, 3.05) is 11.6 Å². The maximum atomic E-state index is 12.1. The number of benzene rings is 1. The molecule has 28 heavy (non-hydrogen) atoms. The Morgan fingerprint density at radius 3 is 2.36 bits per heavy atom. The first-order valence-electron chi connectivity index (χ1n) is 8.55. The van der Waals surface area contributed by atoms with E-state index in [1.807, 2.05) is 13.8 Å². The number of carbonyl (C=O) groups is 3. The van der Waals surface area contributed by atoms with Gasteiger partial charge in [-0.3, -0.25) is 14.4 Å². The van der Waals surface area contributed by atoms with Crippen molar-refractivity contribution in [2.45, 2.75) is 27.2 Å². The van der Waals surface area contributed by atoms with Crippen LogP contribution in [0.15, 0.2) is 33.9 Å². The second-order valence-corrected chi connectivity index (χ2v) is 7.48. The molecule has 0 bridgehead atoms. The van der Waals surface area contributed by atoms with Crippen molar-refractivity contribution in [1.29, 1.82) is 0 Å². The third-order valence-electron chi connectivity index (χ3n) is 4.24. The largest absolute Gasteiger partial charge is 0.436 e. The highest BCUT2D eigenvalue weighted by Gasteiger charge is 2.28. The third-order valence-corrected chi connectivity index (χ3v) is 4.80. The molecule has 1 aromatic carbocycles. The Morgan fingerprint density at radius 2 is 1.75 bits per heavy atom. The van der Waals surface area contributed by atoms with E-state index in [0.29, 0.717) is 11.3 Å². The summed E-state index contributed by atoms with van der Waals surface area (Å²) in [5.74, 6) is -0.439. The first kappa shape index (κ1) is 20.2. The fourth-order valence-electron chi connectivity index (χ4n) is 2.72. The molecule has 0 saturated heterocycles. The minimum Gasteiger partial charge on any atom is -0.436 e. The van der Waals surface area contributed by atoms with E-state index in [1.54, 1.807) is 6.08 Å². The Labute approximate surface area is 171 Å². The number of ether oxygens (including phenoxy) is 1. The van der Waals surface area contributed by atoms with E-state index in [2.05, 4.69) is 10.1 Å². The van der Waals surface area contributed by atoms with Crippen LogP contribution in [-0.4, -0.2) is 35.6 Å². The summed E-state index contributed by atoms with van der Waals surface area (Å²) in [5.41, 5.74) is 1.15. The fourth-order valence-corrected chi connectivity index (χ4v) is 3.28. The number of ketones is 2. The minimum atomic E-state index is -0.476. The average molecular weight is 422 g/mol. The van der Waals surface area contributed by atoms with Gasteiger partial charge in [0.25, 0.3) is 5.91 Å². The highest BCUT2D eigenvalue weighted by Crippen LogP contribution is 2.38. The van der Waals surface area contributed by atoms with Gasteiger partial charge in [-0.25, -0.2) is 4.99 Å². The van der Waals surface area contributed by atoms with E-state index in [4.69, 9.17) is 27.9 Å². The van der Waals surface area contributed by atoms with Gasteiger partial charge in [-0.1, -0.05) is 37.0 Å². The number of hydrazone groups is 1. The number of rotatable bonds is 3. The van der Waals surface area contributed by atoms with Crippen LogP contribution < -0.4 is 9.75 Å². The summed E-state index contributed by atoms with van der Waals surface area (Å²) in [5, 5.41) is 5.37. The first-order chi connectivity index (χ1) is 13.2. The summed E-state index contributed by atoms with van der Waals surface area (Å²) in [6.07, 6.45) is 1.31. The highest BCUT2D eigenvalue weighted by molar-refractivity contribution is 6.44. The summed E-state index contributed by atoms with van der Waals surface area (Å²) in [6.45, 7) is 5.34. The number of nitrogens with zero attached hydrogens (tertiary/aromatic N) is 3. The maximum absolute atomic E-state index is 12.1. The van der Waals surface area contributed by atoms with Crippen LogP contribution in [0.2, 0.25) is 10.0 Å². The van der Waals surface area contributed by atoms with Gasteiger partial charge < -0.3 is 4.74 Å². The maximum Gasteiger partial charge on any atom is 0.255 e. The predicted octanol–water partition coefficient (Wildman–Crippen LogP) is 3.62. The van der Waals surface area contributed by atoms with Crippen LogP contribution in [-0.2, 0) is 14.4 Å². The Bertz CT molecular complexity index is 956. The summed E-state index contributed by atoms with van der Waals surface area (Å²) in [4.78, 5) is 39.7. The lowest BCUT2D eigenvalue weighted by atomic mass is 9.97. The van der Waals surface area contributed by atoms with Crippen molar-refractivity contribution < 1.29 is 19.1 Å². The lowest BCUT2D eigenvalue weighted by Crippen LogP contribution is -2.36. The van der Waals surface area contributed by atoms with E-state index in [9.17, 15) is 14.4 Å². The molecular weight excluding hydrogens is 405 g/mol. The number of hydrogen-bond acceptors (Lipinski definition) is 6. The summed E-state index contributed by atoms with van der Waals surface area (Å²) in [6, 6.07) is 2.93. The molecule has 2 aliphatic rings. The lowest BCUT2D eigenvalue weighted by molar-refractivity contribution is -0.124. The number of carbonyl (C=O) groups excluding carboxylic acids is 3. The van der Waals surface area contributed by atoms with Crippen molar-refractivity contribution in [2.24, 2.45) is 16.0 Å². The zero-order valence-corrected chi connectivity index (χ0v) is 17.0. The quantitative estimate of drug-likeness (QED) is 0.697. The zero-order valence-electron chi connectivity index (χ0n) is 15.5. The summed E-state index contributed by atoms with van der Waals surface area (Å²) >= 11 is 12.6. The van der Waals surface area contributed by atoms with Gasteiger partial charge in [0.05, 0.1) is 22.2 Å². The van der Waals surface area contributed by atoms with Gasteiger partial charge >= 0.3 is 0 Å². The topological polar surface area (TPSA) is 88.4 Å². The number of anilines is 1. The Kier molecular flexibility index (Phi) is 5.67. The molecule has 9 heteroatoms. The second kappa shape index (κ2) is 7.85. The third kappa shape index (κ3) is 4.00. The Morgan fingerprint density at radius 1 is 1.11 bits per heavy atom. The lowest BCUT2D eigenvalue weighted by Gasteiger charge is -2.23. The minimum absolute atomic E-state index is 0.00301. The molecule has 2 heterocycles. The molecule has 1 amide bonds. The van der Waals surface area contributed by atoms with Crippen LogP contribution in [0.3, 0.4) is 0 Å². The van der Waals surface area contributed by atoms with E-state index < -0.39 is 5.91 Å². The normalized spacial score (nSPS) is 17.6. The van der Waals surface area contributed by atoms with Crippen molar-refractivity contribution in [3.8, 4) is 5.75 Å². The average Bonchev–Trinajstić information content (AvgIpc) is 2.62. The summed E-state index contributed by atoms with van der Waals surface area (Å²) < 4.78 is 5.72. The van der Waals surface area contributed by atoms with Crippen LogP contribution in [0.25, 0.3) is 0 Å². The van der Waals surface area contributed by atoms with Gasteiger partial charge in [0.1, 0.15) is 12.3 Å². The van der Waals surface area contributed by atoms with Crippen LogP contribution in [0.1, 0.15) is 27.2 Å². The molecule has 0 N–H and O–H groups in total. The zero-order chi connectivity index (χ0) is 20.6. The molecular formula is C19H17Cl2N3O4. The molecule has 146 valence electrons. The van der Waals surface area contributed by atoms with Gasteiger partial charge in [0, 0.05) is 11.6 Å². The second-order valence-electron chi connectivity index (χ2n) is 6.66. The molecule has 0 fully saturated rings. The molecule has 0 saturated carbocycles. The van der Waals surface area contributed by atoms with Crippen LogP contribution in [0, 0.1) is 5.92 Å². The Hall–Kier alpha value is -2.51. The van der Waals surface area contributed by atoms with E-state index in [0.717, 1.165) is 5.01 Å². The van der Waals surface area contributed by atoms with Crippen molar-refractivity contribution >= 4 is 58.0 Å². The number of halogens is 2. The molecule has 0 atom stereocenters. The molecule has 7 nitrogen and oxygen atoms in total. The van der Waals surface area contributed by atoms with Gasteiger partial charge in [-0.2, -0.15) is 10.1 Å². The van der Waals surface area contributed by atoms with Crippen LogP contribution in [0.5, 0.6) is 5.75 Å². The monoisotopic (exact) mass is 421 g/mol. The van der Waals surface area contributed by atoms with Crippen LogP contribution >= 0.6 is 23.2 Å². The number of dihydropyridines is 1. The number of hydrogen-bond donors (Lipinski definition) is 0. The Balaban J connectivity index is 1.91. The van der Waals surface area contributed by atoms with E-state index >= 15 is 0 Å². The number of aliphatic imine (C=N–C) groups is 1. The van der Waals surface area contributed by atoms with Crippen LogP contribution in [0.4, 0.5) is 5.69 Å². The molecule has 0 aromatic heterocycles. The van der Waals surface area contributed by atoms with Gasteiger partial charge in [-0.15, -0.1) is 0 Å². The fraction of sp³-hybridized carbons (Fsp3) is 0.316. The molecule has 0 spiro atoms. The van der Waals surface area contributed by atoms with E-state index in [1.165, 1.54) is 19.1 Å². The molecule has 0 unspecified atom stereocenters. The van der Waals surface area contributed by atoms with Gasteiger partial charge in [-0.05, 0) is 25.0 Å². The molecule has 2 aliphatic heterocycles. The first-order valence-corrected chi connectivity index (χ1v) is 9.30. The van der Waals surface area contributed by atoms with Crippen molar-refractivity contribution in [1.82, 2.24) is 0 Å². The summed E-state index contributed by atoms with van der Waals surface area (Å²) in [7, 11) is 0. The predicted molar refractivity (Wildman–Crippen MR) is 108 cm³/mol. The van der Waals surface area contributed by atoms with Gasteiger partial charge in [0.2, 0.25) is 5.90 Å².